The number of hydrogen-bond acceptors (Lipinski definition) is 5. The number of carbonyl (C=O) groups is 2. The number of rotatable bonds is 4. The first kappa shape index (κ1) is 14.1. The van der Waals surface area contributed by atoms with E-state index in [1.165, 1.54) is 6.20 Å². The Hall–Kier alpha value is -2.28. The van der Waals surface area contributed by atoms with Crippen LogP contribution in [-0.2, 0) is 10.2 Å². The Kier molecular flexibility index (Phi) is 3.80. The Balaban J connectivity index is 2.13. The maximum atomic E-state index is 11.8. The van der Waals surface area contributed by atoms with Crippen LogP contribution in [0.3, 0.4) is 0 Å². The van der Waals surface area contributed by atoms with E-state index in [4.69, 9.17) is 5.11 Å². The van der Waals surface area contributed by atoms with Crippen molar-refractivity contribution in [2.75, 3.05) is 5.32 Å². The molecule has 20 heavy (non-hydrogen) atoms. The lowest BCUT2D eigenvalue weighted by Gasteiger charge is -2.19. The fraction of sp³-hybridized carbons (Fsp3) is 0.231. The van der Waals surface area contributed by atoms with Crippen LogP contribution in [0.5, 0.6) is 0 Å². The van der Waals surface area contributed by atoms with Crippen LogP contribution in [0.2, 0.25) is 0 Å². The zero-order valence-corrected chi connectivity index (χ0v) is 11.8. The van der Waals surface area contributed by atoms with Crippen molar-refractivity contribution < 1.29 is 14.7 Å². The summed E-state index contributed by atoms with van der Waals surface area (Å²) in [5.74, 6) is -1.18. The van der Waals surface area contributed by atoms with E-state index >= 15 is 0 Å². The number of nitrogens with zero attached hydrogens (tertiary/aromatic N) is 2. The lowest BCUT2D eigenvalue weighted by molar-refractivity contribution is -0.142. The van der Waals surface area contributed by atoms with E-state index in [-0.39, 0.29) is 5.91 Å². The summed E-state index contributed by atoms with van der Waals surface area (Å²) in [5, 5.41) is 15.4. The molecule has 1 aromatic heterocycles. The fourth-order valence-electron chi connectivity index (χ4n) is 1.55. The lowest BCUT2D eigenvalue weighted by Crippen LogP contribution is -2.28. The number of carbonyl (C=O) groups excluding carboxylic acids is 1. The van der Waals surface area contributed by atoms with Crippen molar-refractivity contribution in [2.45, 2.75) is 19.3 Å². The van der Waals surface area contributed by atoms with Crippen molar-refractivity contribution in [3.8, 4) is 0 Å². The zero-order chi connectivity index (χ0) is 14.8. The first-order chi connectivity index (χ1) is 9.41. The fourth-order valence-corrected chi connectivity index (χ4v) is 1.96. The third-order valence-electron chi connectivity index (χ3n) is 2.98. The summed E-state index contributed by atoms with van der Waals surface area (Å²) in [6, 6.07) is 6.72. The quantitative estimate of drug-likeness (QED) is 0.900. The van der Waals surface area contributed by atoms with Crippen LogP contribution in [0.25, 0.3) is 0 Å². The number of carboxylic acid groups (broad SMARTS) is 1. The molecule has 1 aromatic carbocycles. The minimum Gasteiger partial charge on any atom is -0.481 e. The van der Waals surface area contributed by atoms with Crippen molar-refractivity contribution in [1.29, 1.82) is 0 Å². The van der Waals surface area contributed by atoms with Crippen LogP contribution in [0.1, 0.15) is 29.1 Å². The summed E-state index contributed by atoms with van der Waals surface area (Å²) in [4.78, 5) is 23.4. The lowest BCUT2D eigenvalue weighted by atomic mass is 9.85. The van der Waals surface area contributed by atoms with Crippen LogP contribution < -0.4 is 5.32 Å². The molecule has 2 aromatic rings. The summed E-state index contributed by atoms with van der Waals surface area (Å²) < 4.78 is 3.62. The van der Waals surface area contributed by atoms with E-state index in [0.717, 1.165) is 11.5 Å². The number of aliphatic carboxylic acids is 1. The number of hydrogen-bond donors (Lipinski definition) is 2. The predicted octanol–water partition coefficient (Wildman–Crippen LogP) is 2.15. The van der Waals surface area contributed by atoms with Crippen LogP contribution in [0.4, 0.5) is 5.69 Å². The highest BCUT2D eigenvalue weighted by Gasteiger charge is 2.29. The van der Waals surface area contributed by atoms with E-state index in [1.807, 2.05) is 0 Å². The minimum absolute atomic E-state index is 0.287. The summed E-state index contributed by atoms with van der Waals surface area (Å²) in [7, 11) is 0. The second kappa shape index (κ2) is 5.38. The molecule has 0 aliphatic heterocycles. The van der Waals surface area contributed by atoms with Crippen molar-refractivity contribution in [3.05, 3.63) is 40.9 Å². The maximum absolute atomic E-state index is 11.8. The van der Waals surface area contributed by atoms with Gasteiger partial charge >= 0.3 is 5.97 Å². The number of aromatic nitrogens is 2. The van der Waals surface area contributed by atoms with E-state index in [2.05, 4.69) is 14.9 Å². The highest BCUT2D eigenvalue weighted by atomic mass is 32.1. The van der Waals surface area contributed by atoms with Gasteiger partial charge in [-0.1, -0.05) is 16.6 Å². The Morgan fingerprint density at radius 3 is 2.40 bits per heavy atom. The van der Waals surface area contributed by atoms with Crippen LogP contribution in [0, 0.1) is 0 Å². The van der Waals surface area contributed by atoms with Gasteiger partial charge in [0.05, 0.1) is 11.6 Å². The van der Waals surface area contributed by atoms with Gasteiger partial charge in [-0.3, -0.25) is 9.59 Å². The van der Waals surface area contributed by atoms with E-state index < -0.39 is 11.4 Å². The summed E-state index contributed by atoms with van der Waals surface area (Å²) in [6.07, 6.45) is 1.39. The first-order valence-electron chi connectivity index (χ1n) is 5.84. The van der Waals surface area contributed by atoms with E-state index in [9.17, 15) is 9.59 Å². The van der Waals surface area contributed by atoms with Crippen LogP contribution >= 0.6 is 11.5 Å². The molecule has 0 saturated heterocycles. The smallest absolute Gasteiger partial charge is 0.313 e. The molecular weight excluding hydrogens is 278 g/mol. The van der Waals surface area contributed by atoms with Gasteiger partial charge in [-0.05, 0) is 43.1 Å². The van der Waals surface area contributed by atoms with Crippen molar-refractivity contribution in [3.63, 3.8) is 0 Å². The van der Waals surface area contributed by atoms with Gasteiger partial charge in [0.1, 0.15) is 4.88 Å². The molecule has 104 valence electrons. The normalized spacial score (nSPS) is 11.1. The average Bonchev–Trinajstić information content (AvgIpc) is 2.93. The Labute approximate surface area is 119 Å². The molecule has 6 nitrogen and oxygen atoms in total. The topological polar surface area (TPSA) is 92.2 Å². The Morgan fingerprint density at radius 1 is 1.25 bits per heavy atom. The monoisotopic (exact) mass is 291 g/mol. The van der Waals surface area contributed by atoms with Crippen molar-refractivity contribution in [2.24, 2.45) is 0 Å². The van der Waals surface area contributed by atoms with Gasteiger partial charge in [0.15, 0.2) is 0 Å². The zero-order valence-electron chi connectivity index (χ0n) is 11.0. The molecule has 0 aliphatic carbocycles. The Bertz CT molecular complexity index is 621. The van der Waals surface area contributed by atoms with E-state index in [0.29, 0.717) is 16.1 Å². The predicted molar refractivity (Wildman–Crippen MR) is 75.0 cm³/mol. The largest absolute Gasteiger partial charge is 0.481 e. The maximum Gasteiger partial charge on any atom is 0.313 e. The molecule has 1 amide bonds. The second-order valence-corrected chi connectivity index (χ2v) is 5.53. The highest BCUT2D eigenvalue weighted by Crippen LogP contribution is 2.25. The standard InChI is InChI=1S/C13H13N3O3S/c1-13(2,12(18)19)8-3-5-9(6-4-8)15-11(17)10-7-14-16-20-10/h3-7H,1-2H3,(H,15,17)(H,18,19). The Morgan fingerprint density at radius 2 is 1.90 bits per heavy atom. The SMILES string of the molecule is CC(C)(C(=O)O)c1ccc(NC(=O)c2cnns2)cc1. The average molecular weight is 291 g/mol. The molecule has 0 unspecified atom stereocenters. The first-order valence-corrected chi connectivity index (χ1v) is 6.61. The molecule has 0 spiro atoms. The van der Waals surface area contributed by atoms with Gasteiger partial charge in [0.2, 0.25) is 0 Å². The molecule has 0 radical (unpaired) electrons. The molecule has 2 rings (SSSR count). The van der Waals surface area contributed by atoms with Gasteiger partial charge < -0.3 is 10.4 Å². The third kappa shape index (κ3) is 2.83. The third-order valence-corrected chi connectivity index (χ3v) is 3.65. The summed E-state index contributed by atoms with van der Waals surface area (Å²) in [6.45, 7) is 3.26. The molecular formula is C13H13N3O3S. The molecule has 2 N–H and O–H groups in total. The molecule has 0 saturated carbocycles. The molecule has 7 heteroatoms. The molecule has 0 atom stereocenters. The molecule has 0 fully saturated rings. The summed E-state index contributed by atoms with van der Waals surface area (Å²) in [5.41, 5.74) is 0.292. The van der Waals surface area contributed by atoms with Gasteiger partial charge in [-0.2, -0.15) is 0 Å². The number of anilines is 1. The molecule has 0 aliphatic rings. The van der Waals surface area contributed by atoms with Gasteiger partial charge in [0, 0.05) is 5.69 Å². The molecule has 0 bridgehead atoms. The number of carboxylic acids is 1. The second-order valence-electron chi connectivity index (χ2n) is 4.74. The van der Waals surface area contributed by atoms with Gasteiger partial charge in [-0.25, -0.2) is 0 Å². The minimum atomic E-state index is -0.968. The number of amides is 1. The van der Waals surface area contributed by atoms with Gasteiger partial charge in [-0.15, -0.1) is 5.10 Å². The van der Waals surface area contributed by atoms with Crippen LogP contribution in [-0.4, -0.2) is 26.6 Å². The highest BCUT2D eigenvalue weighted by molar-refractivity contribution is 7.07. The van der Waals surface area contributed by atoms with Crippen molar-refractivity contribution in [1.82, 2.24) is 9.59 Å². The number of benzene rings is 1. The number of nitrogens with one attached hydrogen (secondary N) is 1. The van der Waals surface area contributed by atoms with Gasteiger partial charge in [0.25, 0.3) is 5.91 Å². The van der Waals surface area contributed by atoms with Crippen LogP contribution in [0.15, 0.2) is 30.5 Å². The molecule has 1 heterocycles. The van der Waals surface area contributed by atoms with Crippen molar-refractivity contribution >= 4 is 29.1 Å². The summed E-state index contributed by atoms with van der Waals surface area (Å²) >= 11 is 1.01. The van der Waals surface area contributed by atoms with E-state index in [1.54, 1.807) is 38.1 Å².